The van der Waals surface area contributed by atoms with Crippen molar-refractivity contribution in [3.63, 3.8) is 0 Å². The van der Waals surface area contributed by atoms with E-state index in [0.717, 1.165) is 49.3 Å². The van der Waals surface area contributed by atoms with Crippen LogP contribution in [0.25, 0.3) is 0 Å². The second-order valence-corrected chi connectivity index (χ2v) is 4.42. The average Bonchev–Trinajstić information content (AvgIpc) is 2.17. The summed E-state index contributed by atoms with van der Waals surface area (Å²) in [5, 5.41) is 0. The van der Waals surface area contributed by atoms with Crippen molar-refractivity contribution in [2.45, 2.75) is 39.0 Å². The maximum absolute atomic E-state index is 13.4. The normalized spacial score (nSPS) is 20.1. The Morgan fingerprint density at radius 3 is 2.87 bits per heavy atom. The second kappa shape index (κ2) is 4.30. The Morgan fingerprint density at radius 1 is 1.33 bits per heavy atom. The second-order valence-electron chi connectivity index (χ2n) is 4.42. The van der Waals surface area contributed by atoms with E-state index in [1.807, 2.05) is 0 Å². The SMILES string of the molecule is CCCC1CCc2c(F)cc(F)cc2C1. The van der Waals surface area contributed by atoms with E-state index in [4.69, 9.17) is 0 Å². The Morgan fingerprint density at radius 2 is 2.13 bits per heavy atom. The van der Waals surface area contributed by atoms with Gasteiger partial charge in [-0.25, -0.2) is 8.78 Å². The summed E-state index contributed by atoms with van der Waals surface area (Å²) in [4.78, 5) is 0. The van der Waals surface area contributed by atoms with Gasteiger partial charge in [0.2, 0.25) is 0 Å². The van der Waals surface area contributed by atoms with E-state index in [0.29, 0.717) is 5.92 Å². The molecule has 0 spiro atoms. The fraction of sp³-hybridized carbons (Fsp3) is 0.538. The highest BCUT2D eigenvalue weighted by Gasteiger charge is 2.21. The summed E-state index contributed by atoms with van der Waals surface area (Å²) in [6.45, 7) is 2.15. The molecule has 2 rings (SSSR count). The number of benzene rings is 1. The number of rotatable bonds is 2. The summed E-state index contributed by atoms with van der Waals surface area (Å²) in [7, 11) is 0. The molecule has 1 aliphatic rings. The van der Waals surface area contributed by atoms with Crippen molar-refractivity contribution in [2.75, 3.05) is 0 Å². The molecule has 1 aromatic rings. The molecule has 1 aromatic carbocycles. The van der Waals surface area contributed by atoms with Gasteiger partial charge in [-0.2, -0.15) is 0 Å². The van der Waals surface area contributed by atoms with Crippen molar-refractivity contribution >= 4 is 0 Å². The predicted octanol–water partition coefficient (Wildman–Crippen LogP) is 3.87. The molecule has 0 saturated carbocycles. The molecular weight excluding hydrogens is 194 g/mol. The molecule has 0 aromatic heterocycles. The van der Waals surface area contributed by atoms with Crippen molar-refractivity contribution in [2.24, 2.45) is 5.92 Å². The van der Waals surface area contributed by atoms with Crippen LogP contribution in [0, 0.1) is 17.6 Å². The maximum atomic E-state index is 13.4. The van der Waals surface area contributed by atoms with E-state index in [-0.39, 0.29) is 5.82 Å². The Labute approximate surface area is 89.3 Å². The summed E-state index contributed by atoms with van der Waals surface area (Å²) in [6.07, 6.45) is 4.97. The van der Waals surface area contributed by atoms with Crippen LogP contribution in [0.4, 0.5) is 8.78 Å². The molecule has 0 saturated heterocycles. The number of hydrogen-bond acceptors (Lipinski definition) is 0. The number of halogens is 2. The predicted molar refractivity (Wildman–Crippen MR) is 56.8 cm³/mol. The quantitative estimate of drug-likeness (QED) is 0.695. The fourth-order valence-electron chi connectivity index (χ4n) is 2.54. The van der Waals surface area contributed by atoms with Crippen molar-refractivity contribution < 1.29 is 8.78 Å². The molecule has 15 heavy (non-hydrogen) atoms. The molecule has 0 aliphatic heterocycles. The molecule has 0 fully saturated rings. The minimum atomic E-state index is -0.441. The third-order valence-corrected chi connectivity index (χ3v) is 3.26. The van der Waals surface area contributed by atoms with Crippen molar-refractivity contribution in [3.05, 3.63) is 34.9 Å². The lowest BCUT2D eigenvalue weighted by molar-refractivity contribution is 0.411. The highest BCUT2D eigenvalue weighted by atomic mass is 19.1. The fourth-order valence-corrected chi connectivity index (χ4v) is 2.54. The van der Waals surface area contributed by atoms with Crippen LogP contribution in [0.15, 0.2) is 12.1 Å². The molecule has 0 bridgehead atoms. The highest BCUT2D eigenvalue weighted by molar-refractivity contribution is 5.31. The lowest BCUT2D eigenvalue weighted by Gasteiger charge is -2.24. The summed E-state index contributed by atoms with van der Waals surface area (Å²) >= 11 is 0. The van der Waals surface area contributed by atoms with Gasteiger partial charge in [-0.3, -0.25) is 0 Å². The van der Waals surface area contributed by atoms with Crippen LogP contribution in [-0.2, 0) is 12.8 Å². The van der Waals surface area contributed by atoms with Crippen molar-refractivity contribution in [1.82, 2.24) is 0 Å². The molecule has 2 heteroatoms. The van der Waals surface area contributed by atoms with Gasteiger partial charge in [0.25, 0.3) is 0 Å². The molecule has 82 valence electrons. The molecule has 0 N–H and O–H groups in total. The maximum Gasteiger partial charge on any atom is 0.129 e. The summed E-state index contributed by atoms with van der Waals surface area (Å²) in [5.41, 5.74) is 1.63. The van der Waals surface area contributed by atoms with E-state index >= 15 is 0 Å². The van der Waals surface area contributed by atoms with Crippen LogP contribution in [0.3, 0.4) is 0 Å². The number of hydrogen-bond donors (Lipinski definition) is 0. The van der Waals surface area contributed by atoms with E-state index in [2.05, 4.69) is 6.92 Å². The first-order valence-corrected chi connectivity index (χ1v) is 5.67. The summed E-state index contributed by atoms with van der Waals surface area (Å²) < 4.78 is 26.4. The van der Waals surface area contributed by atoms with Crippen molar-refractivity contribution in [1.29, 1.82) is 0 Å². The van der Waals surface area contributed by atoms with E-state index < -0.39 is 5.82 Å². The van der Waals surface area contributed by atoms with E-state index in [1.54, 1.807) is 0 Å². The Hall–Kier alpha value is -0.920. The van der Waals surface area contributed by atoms with Crippen LogP contribution in [0.1, 0.15) is 37.3 Å². The van der Waals surface area contributed by atoms with Gasteiger partial charge in [-0.15, -0.1) is 0 Å². The topological polar surface area (TPSA) is 0 Å². The van der Waals surface area contributed by atoms with Crippen LogP contribution in [-0.4, -0.2) is 0 Å². The van der Waals surface area contributed by atoms with Gasteiger partial charge in [-0.05, 0) is 42.4 Å². The van der Waals surface area contributed by atoms with Crippen LogP contribution in [0.2, 0.25) is 0 Å². The van der Waals surface area contributed by atoms with Crippen molar-refractivity contribution in [3.8, 4) is 0 Å². The molecule has 0 nitrogen and oxygen atoms in total. The van der Waals surface area contributed by atoms with Crippen LogP contribution >= 0.6 is 0 Å². The third kappa shape index (κ3) is 2.19. The van der Waals surface area contributed by atoms with Gasteiger partial charge < -0.3 is 0 Å². The third-order valence-electron chi connectivity index (χ3n) is 3.26. The Kier molecular flexibility index (Phi) is 3.03. The molecule has 0 amide bonds. The zero-order valence-electron chi connectivity index (χ0n) is 9.02. The van der Waals surface area contributed by atoms with Crippen LogP contribution in [0.5, 0.6) is 0 Å². The standard InChI is InChI=1S/C13H16F2/c1-2-3-9-4-5-12-10(6-9)7-11(14)8-13(12)15/h7-9H,2-6H2,1H3. The summed E-state index contributed by atoms with van der Waals surface area (Å²) in [5.74, 6) is -0.188. The molecular formula is C13H16F2. The molecule has 0 radical (unpaired) electrons. The van der Waals surface area contributed by atoms with Gasteiger partial charge in [-0.1, -0.05) is 19.8 Å². The Balaban J connectivity index is 2.25. The largest absolute Gasteiger partial charge is 0.207 e. The minimum Gasteiger partial charge on any atom is -0.207 e. The smallest absolute Gasteiger partial charge is 0.129 e. The van der Waals surface area contributed by atoms with Crippen LogP contribution < -0.4 is 0 Å². The lowest BCUT2D eigenvalue weighted by Crippen LogP contribution is -2.15. The molecule has 0 heterocycles. The average molecular weight is 210 g/mol. The minimum absolute atomic E-state index is 0.361. The summed E-state index contributed by atoms with van der Waals surface area (Å²) in [6, 6.07) is 2.50. The van der Waals surface area contributed by atoms with Gasteiger partial charge in [0.1, 0.15) is 11.6 Å². The van der Waals surface area contributed by atoms with Gasteiger partial charge in [0.05, 0.1) is 0 Å². The first-order valence-electron chi connectivity index (χ1n) is 5.67. The van der Waals surface area contributed by atoms with Gasteiger partial charge in [0, 0.05) is 6.07 Å². The zero-order chi connectivity index (χ0) is 10.8. The van der Waals surface area contributed by atoms with E-state index in [1.165, 1.54) is 6.07 Å². The molecule has 1 unspecified atom stereocenters. The first kappa shape index (κ1) is 10.6. The Bertz CT molecular complexity index is 358. The zero-order valence-corrected chi connectivity index (χ0v) is 9.02. The van der Waals surface area contributed by atoms with Gasteiger partial charge >= 0.3 is 0 Å². The molecule has 1 atom stereocenters. The number of fused-ring (bicyclic) bond motifs is 1. The van der Waals surface area contributed by atoms with E-state index in [9.17, 15) is 8.78 Å². The van der Waals surface area contributed by atoms with Gasteiger partial charge in [0.15, 0.2) is 0 Å². The monoisotopic (exact) mass is 210 g/mol. The highest BCUT2D eigenvalue weighted by Crippen LogP contribution is 2.30. The first-order chi connectivity index (χ1) is 7.20. The molecule has 1 aliphatic carbocycles. The lowest BCUT2D eigenvalue weighted by atomic mass is 9.81.